The number of hydrogen-bond donors (Lipinski definition) is 2. The number of amides is 1. The van der Waals surface area contributed by atoms with Gasteiger partial charge in [0.05, 0.1) is 6.61 Å². The summed E-state index contributed by atoms with van der Waals surface area (Å²) in [6, 6.07) is 7.87. The second-order valence-corrected chi connectivity index (χ2v) is 5.31. The largest absolute Gasteiger partial charge is 0.494 e. The van der Waals surface area contributed by atoms with Crippen molar-refractivity contribution >= 4 is 12.0 Å². The molecule has 0 radical (unpaired) electrons. The van der Waals surface area contributed by atoms with E-state index in [1.165, 1.54) is 25.7 Å². The van der Waals surface area contributed by atoms with E-state index in [-0.39, 0.29) is 5.91 Å². The number of benzene rings is 1. The van der Waals surface area contributed by atoms with Crippen molar-refractivity contribution in [3.05, 3.63) is 35.4 Å². The van der Waals surface area contributed by atoms with Crippen LogP contribution in [0.15, 0.2) is 29.8 Å². The lowest BCUT2D eigenvalue weighted by Crippen LogP contribution is -2.25. The molecule has 1 aliphatic rings. The van der Waals surface area contributed by atoms with E-state index in [0.717, 1.165) is 29.9 Å². The molecule has 0 bridgehead atoms. The highest BCUT2D eigenvalue weighted by Crippen LogP contribution is 2.16. The molecular weight excluding hydrogens is 264 g/mol. The molecule has 4 nitrogen and oxygen atoms in total. The van der Waals surface area contributed by atoms with Crippen LogP contribution in [-0.4, -0.2) is 19.1 Å². The number of hydrazine groups is 1. The van der Waals surface area contributed by atoms with Gasteiger partial charge in [0.25, 0.3) is 5.91 Å². The van der Waals surface area contributed by atoms with E-state index in [4.69, 9.17) is 4.74 Å². The Labute approximate surface area is 126 Å². The van der Waals surface area contributed by atoms with Gasteiger partial charge in [-0.3, -0.25) is 10.2 Å². The first kappa shape index (κ1) is 15.6. The van der Waals surface area contributed by atoms with Crippen molar-refractivity contribution in [2.75, 3.05) is 13.2 Å². The van der Waals surface area contributed by atoms with Crippen LogP contribution in [0.2, 0.25) is 0 Å². The molecule has 0 atom stereocenters. The molecule has 1 aromatic carbocycles. The molecule has 0 spiro atoms. The fourth-order valence-corrected chi connectivity index (χ4v) is 2.25. The number of rotatable bonds is 8. The van der Waals surface area contributed by atoms with Gasteiger partial charge in [-0.25, -0.2) is 5.43 Å². The van der Waals surface area contributed by atoms with Crippen LogP contribution in [0.1, 0.15) is 44.6 Å². The number of nitrogens with one attached hydrogen (secondary N) is 2. The zero-order valence-corrected chi connectivity index (χ0v) is 12.7. The third-order valence-corrected chi connectivity index (χ3v) is 3.51. The topological polar surface area (TPSA) is 50.4 Å². The summed E-state index contributed by atoms with van der Waals surface area (Å²) < 4.78 is 5.72. The number of hydrogen-bond acceptors (Lipinski definition) is 3. The van der Waals surface area contributed by atoms with E-state index in [1.807, 2.05) is 30.3 Å². The average molecular weight is 288 g/mol. The molecule has 0 saturated carbocycles. The SMILES string of the molecule is CCCCCCCOc1ccc(/C=C2\CNNC2=O)cc1. The van der Waals surface area contributed by atoms with Crippen LogP contribution in [0.5, 0.6) is 5.75 Å². The summed E-state index contributed by atoms with van der Waals surface area (Å²) in [5.74, 6) is 0.837. The maximum atomic E-state index is 11.4. The van der Waals surface area contributed by atoms with E-state index in [2.05, 4.69) is 17.8 Å². The first-order valence-corrected chi connectivity index (χ1v) is 7.76. The molecule has 2 N–H and O–H groups in total. The van der Waals surface area contributed by atoms with E-state index in [0.29, 0.717) is 6.54 Å². The van der Waals surface area contributed by atoms with Gasteiger partial charge in [-0.15, -0.1) is 0 Å². The summed E-state index contributed by atoms with van der Waals surface area (Å²) in [6.45, 7) is 3.56. The Morgan fingerprint density at radius 2 is 1.90 bits per heavy atom. The van der Waals surface area contributed by atoms with E-state index < -0.39 is 0 Å². The van der Waals surface area contributed by atoms with E-state index in [9.17, 15) is 4.79 Å². The van der Waals surface area contributed by atoms with Gasteiger partial charge in [-0.1, -0.05) is 44.7 Å². The smallest absolute Gasteiger partial charge is 0.262 e. The van der Waals surface area contributed by atoms with Gasteiger partial charge in [0.1, 0.15) is 5.75 Å². The van der Waals surface area contributed by atoms with Gasteiger partial charge in [0.2, 0.25) is 0 Å². The molecule has 1 aliphatic heterocycles. The summed E-state index contributed by atoms with van der Waals surface area (Å²) in [4.78, 5) is 11.4. The molecular formula is C17H24N2O2. The van der Waals surface area contributed by atoms with Crippen molar-refractivity contribution in [3.63, 3.8) is 0 Å². The Kier molecular flexibility index (Phi) is 6.28. The maximum Gasteiger partial charge on any atom is 0.262 e. The Morgan fingerprint density at radius 3 is 2.57 bits per heavy atom. The van der Waals surface area contributed by atoms with Crippen molar-refractivity contribution in [2.24, 2.45) is 0 Å². The predicted molar refractivity (Wildman–Crippen MR) is 84.8 cm³/mol. The van der Waals surface area contributed by atoms with Crippen LogP contribution in [0.4, 0.5) is 0 Å². The van der Waals surface area contributed by atoms with Crippen LogP contribution in [0.25, 0.3) is 6.08 Å². The highest BCUT2D eigenvalue weighted by molar-refractivity contribution is 5.99. The monoisotopic (exact) mass is 288 g/mol. The summed E-state index contributed by atoms with van der Waals surface area (Å²) in [5.41, 5.74) is 7.14. The fourth-order valence-electron chi connectivity index (χ4n) is 2.25. The lowest BCUT2D eigenvalue weighted by Gasteiger charge is -2.06. The zero-order valence-electron chi connectivity index (χ0n) is 12.7. The minimum absolute atomic E-state index is 0.0533. The molecule has 1 aromatic rings. The lowest BCUT2D eigenvalue weighted by atomic mass is 10.1. The third-order valence-electron chi connectivity index (χ3n) is 3.51. The number of carbonyl (C=O) groups excluding carboxylic acids is 1. The van der Waals surface area contributed by atoms with Gasteiger partial charge in [0, 0.05) is 12.1 Å². The minimum atomic E-state index is -0.0533. The molecule has 0 aromatic heterocycles. The van der Waals surface area contributed by atoms with Crippen LogP contribution >= 0.6 is 0 Å². The van der Waals surface area contributed by atoms with Gasteiger partial charge >= 0.3 is 0 Å². The van der Waals surface area contributed by atoms with Gasteiger partial charge in [-0.05, 0) is 30.2 Å². The first-order valence-electron chi connectivity index (χ1n) is 7.76. The van der Waals surface area contributed by atoms with Crippen molar-refractivity contribution < 1.29 is 9.53 Å². The maximum absolute atomic E-state index is 11.4. The molecule has 4 heteroatoms. The molecule has 1 fully saturated rings. The number of carbonyl (C=O) groups is 1. The first-order chi connectivity index (χ1) is 10.3. The Morgan fingerprint density at radius 1 is 1.14 bits per heavy atom. The Bertz CT molecular complexity index is 480. The van der Waals surface area contributed by atoms with Crippen LogP contribution in [0, 0.1) is 0 Å². The van der Waals surface area contributed by atoms with Crippen molar-refractivity contribution in [1.82, 2.24) is 10.9 Å². The van der Waals surface area contributed by atoms with E-state index >= 15 is 0 Å². The molecule has 0 unspecified atom stereocenters. The molecule has 1 saturated heterocycles. The quantitative estimate of drug-likeness (QED) is 0.571. The second-order valence-electron chi connectivity index (χ2n) is 5.31. The lowest BCUT2D eigenvalue weighted by molar-refractivity contribution is -0.116. The molecule has 1 heterocycles. The second kappa shape index (κ2) is 8.47. The Balaban J connectivity index is 1.75. The number of ether oxygens (including phenoxy) is 1. The summed E-state index contributed by atoms with van der Waals surface area (Å²) in [6.07, 6.45) is 8.11. The van der Waals surface area contributed by atoms with Gasteiger partial charge in [-0.2, -0.15) is 0 Å². The summed E-state index contributed by atoms with van der Waals surface area (Å²) >= 11 is 0. The number of unbranched alkanes of at least 4 members (excludes halogenated alkanes) is 4. The van der Waals surface area contributed by atoms with Crippen molar-refractivity contribution in [3.8, 4) is 5.75 Å². The van der Waals surface area contributed by atoms with Crippen LogP contribution in [-0.2, 0) is 4.79 Å². The van der Waals surface area contributed by atoms with Crippen molar-refractivity contribution in [1.29, 1.82) is 0 Å². The highest BCUT2D eigenvalue weighted by atomic mass is 16.5. The standard InChI is InChI=1S/C17H24N2O2/c1-2-3-4-5-6-11-21-16-9-7-14(8-10-16)12-15-13-18-19-17(15)20/h7-10,12,18H,2-6,11,13H2,1H3,(H,19,20)/b15-12+. The fraction of sp³-hybridized carbons (Fsp3) is 0.471. The molecule has 2 rings (SSSR count). The van der Waals surface area contributed by atoms with Gasteiger partial charge in [0.15, 0.2) is 0 Å². The average Bonchev–Trinajstić information content (AvgIpc) is 2.90. The summed E-state index contributed by atoms with van der Waals surface area (Å²) in [5, 5.41) is 0. The summed E-state index contributed by atoms with van der Waals surface area (Å²) in [7, 11) is 0. The minimum Gasteiger partial charge on any atom is -0.494 e. The molecule has 21 heavy (non-hydrogen) atoms. The zero-order chi connectivity index (χ0) is 14.9. The molecule has 1 amide bonds. The normalized spacial score (nSPS) is 16.2. The Hall–Kier alpha value is -1.81. The van der Waals surface area contributed by atoms with Crippen LogP contribution < -0.4 is 15.6 Å². The highest BCUT2D eigenvalue weighted by Gasteiger charge is 2.14. The van der Waals surface area contributed by atoms with Crippen LogP contribution in [0.3, 0.4) is 0 Å². The molecule has 114 valence electrons. The molecule has 0 aliphatic carbocycles. The van der Waals surface area contributed by atoms with E-state index in [1.54, 1.807) is 0 Å². The third kappa shape index (κ3) is 5.23. The van der Waals surface area contributed by atoms with Crippen molar-refractivity contribution in [2.45, 2.75) is 39.0 Å². The predicted octanol–water partition coefficient (Wildman–Crippen LogP) is 3.05. The van der Waals surface area contributed by atoms with Gasteiger partial charge < -0.3 is 4.74 Å².